The fourth-order valence-corrected chi connectivity index (χ4v) is 3.29. The second-order valence-electron chi connectivity index (χ2n) is 4.39. The molecule has 1 aliphatic heterocycles. The summed E-state index contributed by atoms with van der Waals surface area (Å²) in [7, 11) is 2.24. The molecular formula is C10H18BrNO. The molecular weight excluding hydrogens is 230 g/mol. The molecule has 13 heavy (non-hydrogen) atoms. The van der Waals surface area contributed by atoms with Crippen LogP contribution in [-0.2, 0) is 4.74 Å². The average Bonchev–Trinajstić information content (AvgIpc) is 2.53. The highest BCUT2D eigenvalue weighted by Crippen LogP contribution is 2.34. The lowest BCUT2D eigenvalue weighted by Gasteiger charge is -2.36. The molecule has 2 fully saturated rings. The largest absolute Gasteiger partial charge is 0.380 e. The van der Waals surface area contributed by atoms with Crippen LogP contribution in [0, 0.1) is 5.92 Å². The van der Waals surface area contributed by atoms with E-state index >= 15 is 0 Å². The van der Waals surface area contributed by atoms with Gasteiger partial charge < -0.3 is 9.64 Å². The number of hydrogen-bond acceptors (Lipinski definition) is 2. The summed E-state index contributed by atoms with van der Waals surface area (Å²) < 4.78 is 5.38. The van der Waals surface area contributed by atoms with E-state index in [9.17, 15) is 0 Å². The highest BCUT2D eigenvalue weighted by Gasteiger charge is 2.30. The van der Waals surface area contributed by atoms with Crippen molar-refractivity contribution < 1.29 is 4.74 Å². The summed E-state index contributed by atoms with van der Waals surface area (Å²) in [6.45, 7) is 3.16. The third-order valence-electron chi connectivity index (χ3n) is 3.25. The van der Waals surface area contributed by atoms with Crippen LogP contribution in [0.2, 0.25) is 0 Å². The van der Waals surface area contributed by atoms with Gasteiger partial charge in [0.05, 0.1) is 6.61 Å². The molecule has 0 amide bonds. The van der Waals surface area contributed by atoms with Gasteiger partial charge in [-0.15, -0.1) is 0 Å². The van der Waals surface area contributed by atoms with Gasteiger partial charge in [-0.25, -0.2) is 0 Å². The summed E-state index contributed by atoms with van der Waals surface area (Å²) in [5.41, 5.74) is 0. The Labute approximate surface area is 88.8 Å². The van der Waals surface area contributed by atoms with Gasteiger partial charge in [0.25, 0.3) is 0 Å². The predicted octanol–water partition coefficient (Wildman–Crippen LogP) is 1.88. The van der Waals surface area contributed by atoms with E-state index in [1.165, 1.54) is 25.8 Å². The van der Waals surface area contributed by atoms with Crippen molar-refractivity contribution in [2.24, 2.45) is 5.92 Å². The van der Waals surface area contributed by atoms with Crippen LogP contribution >= 0.6 is 15.9 Å². The molecule has 76 valence electrons. The van der Waals surface area contributed by atoms with Gasteiger partial charge in [0.2, 0.25) is 0 Å². The van der Waals surface area contributed by atoms with Crippen molar-refractivity contribution in [3.05, 3.63) is 0 Å². The molecule has 0 radical (unpaired) electrons. The number of alkyl halides is 1. The molecule has 1 heterocycles. The summed E-state index contributed by atoms with van der Waals surface area (Å²) in [5, 5.41) is 0. The zero-order valence-corrected chi connectivity index (χ0v) is 9.79. The molecule has 0 aromatic heterocycles. The van der Waals surface area contributed by atoms with Gasteiger partial charge in [-0.1, -0.05) is 15.9 Å². The lowest BCUT2D eigenvalue weighted by Crippen LogP contribution is -2.40. The summed E-state index contributed by atoms with van der Waals surface area (Å²) in [5.74, 6) is 0.926. The number of nitrogens with zero attached hydrogens (tertiary/aromatic N) is 1. The first-order chi connectivity index (χ1) is 6.25. The Bertz CT molecular complexity index is 164. The maximum Gasteiger partial charge on any atom is 0.0622 e. The van der Waals surface area contributed by atoms with Gasteiger partial charge >= 0.3 is 0 Å². The van der Waals surface area contributed by atoms with Crippen LogP contribution in [0.15, 0.2) is 0 Å². The lowest BCUT2D eigenvalue weighted by molar-refractivity contribution is 0.134. The number of rotatable bonds is 3. The molecule has 0 aromatic rings. The number of likely N-dealkylation sites (N-methyl/N-ethyl adjacent to an activating group) is 1. The predicted molar refractivity (Wildman–Crippen MR) is 57.3 cm³/mol. The zero-order chi connectivity index (χ0) is 9.26. The normalized spacial score (nSPS) is 39.5. The van der Waals surface area contributed by atoms with Crippen LogP contribution in [0.25, 0.3) is 0 Å². The van der Waals surface area contributed by atoms with E-state index in [2.05, 4.69) is 27.9 Å². The van der Waals surface area contributed by atoms with E-state index in [0.717, 1.165) is 24.0 Å². The fourth-order valence-electron chi connectivity index (χ4n) is 2.23. The van der Waals surface area contributed by atoms with Gasteiger partial charge in [-0.3, -0.25) is 0 Å². The molecule has 1 saturated carbocycles. The summed E-state index contributed by atoms with van der Waals surface area (Å²) in [4.78, 5) is 3.28. The van der Waals surface area contributed by atoms with Gasteiger partial charge in [-0.05, 0) is 32.2 Å². The van der Waals surface area contributed by atoms with E-state index in [-0.39, 0.29) is 0 Å². The Morgan fingerprint density at radius 2 is 2.23 bits per heavy atom. The zero-order valence-electron chi connectivity index (χ0n) is 8.21. The van der Waals surface area contributed by atoms with Crippen LogP contribution < -0.4 is 0 Å². The van der Waals surface area contributed by atoms with Crippen molar-refractivity contribution in [1.29, 1.82) is 0 Å². The second kappa shape index (κ2) is 4.28. The van der Waals surface area contributed by atoms with E-state index in [1.54, 1.807) is 0 Å². The monoisotopic (exact) mass is 247 g/mol. The maximum atomic E-state index is 5.38. The van der Waals surface area contributed by atoms with Crippen LogP contribution in [0.4, 0.5) is 0 Å². The van der Waals surface area contributed by atoms with Crippen molar-refractivity contribution in [2.75, 3.05) is 26.8 Å². The lowest BCUT2D eigenvalue weighted by atomic mass is 9.84. The van der Waals surface area contributed by atoms with E-state index in [1.807, 2.05) is 0 Å². The SMILES string of the molecule is CN(CC1CC(Br)C1)C1CCOC1. The number of halogens is 1. The fraction of sp³-hybridized carbons (Fsp3) is 1.00. The standard InChI is InChI=1S/C10H18BrNO/c1-12(10-2-3-13-7-10)6-8-4-9(11)5-8/h8-10H,2-7H2,1H3. The molecule has 3 heteroatoms. The van der Waals surface area contributed by atoms with Crippen LogP contribution in [0.3, 0.4) is 0 Å². The Hall–Kier alpha value is 0.400. The Balaban J connectivity index is 1.68. The Morgan fingerprint density at radius 1 is 1.46 bits per heavy atom. The van der Waals surface area contributed by atoms with Crippen LogP contribution in [0.5, 0.6) is 0 Å². The summed E-state index contributed by atoms with van der Waals surface area (Å²) >= 11 is 3.63. The van der Waals surface area contributed by atoms with Gasteiger partial charge in [-0.2, -0.15) is 0 Å². The highest BCUT2D eigenvalue weighted by atomic mass is 79.9. The van der Waals surface area contributed by atoms with Crippen molar-refractivity contribution in [3.63, 3.8) is 0 Å². The minimum atomic E-state index is 0.689. The molecule has 0 N–H and O–H groups in total. The number of ether oxygens (including phenoxy) is 1. The maximum absolute atomic E-state index is 5.38. The summed E-state index contributed by atoms with van der Waals surface area (Å²) in [6, 6.07) is 0.689. The molecule has 2 rings (SSSR count). The first kappa shape index (κ1) is 9.94. The van der Waals surface area contributed by atoms with Gasteiger partial charge in [0.1, 0.15) is 0 Å². The molecule has 1 aliphatic carbocycles. The summed E-state index contributed by atoms with van der Waals surface area (Å²) in [6.07, 6.45) is 3.94. The topological polar surface area (TPSA) is 12.5 Å². The molecule has 1 atom stereocenters. The quantitative estimate of drug-likeness (QED) is 0.707. The Morgan fingerprint density at radius 3 is 2.77 bits per heavy atom. The van der Waals surface area contributed by atoms with E-state index in [0.29, 0.717) is 6.04 Å². The second-order valence-corrected chi connectivity index (χ2v) is 5.69. The van der Waals surface area contributed by atoms with Gasteiger partial charge in [0.15, 0.2) is 0 Å². The molecule has 2 aliphatic rings. The Kier molecular flexibility index (Phi) is 3.27. The van der Waals surface area contributed by atoms with Crippen LogP contribution in [0.1, 0.15) is 19.3 Å². The van der Waals surface area contributed by atoms with Crippen LogP contribution in [-0.4, -0.2) is 42.6 Å². The van der Waals surface area contributed by atoms with Crippen molar-refractivity contribution in [2.45, 2.75) is 30.1 Å². The molecule has 1 saturated heterocycles. The van der Waals surface area contributed by atoms with Gasteiger partial charge in [0, 0.05) is 24.0 Å². The molecule has 0 aromatic carbocycles. The minimum Gasteiger partial charge on any atom is -0.380 e. The van der Waals surface area contributed by atoms with E-state index < -0.39 is 0 Å². The highest BCUT2D eigenvalue weighted by molar-refractivity contribution is 9.09. The molecule has 1 unspecified atom stereocenters. The first-order valence-electron chi connectivity index (χ1n) is 5.17. The molecule has 2 nitrogen and oxygen atoms in total. The van der Waals surface area contributed by atoms with Crippen molar-refractivity contribution >= 4 is 15.9 Å². The third kappa shape index (κ3) is 2.45. The molecule has 0 spiro atoms. The average molecular weight is 248 g/mol. The first-order valence-corrected chi connectivity index (χ1v) is 6.09. The smallest absolute Gasteiger partial charge is 0.0622 e. The molecule has 0 bridgehead atoms. The minimum absolute atomic E-state index is 0.689. The number of hydrogen-bond donors (Lipinski definition) is 0. The third-order valence-corrected chi connectivity index (χ3v) is 4.00. The van der Waals surface area contributed by atoms with E-state index in [4.69, 9.17) is 4.74 Å². The van der Waals surface area contributed by atoms with Crippen molar-refractivity contribution in [1.82, 2.24) is 4.90 Å². The van der Waals surface area contributed by atoms with Crippen molar-refractivity contribution in [3.8, 4) is 0 Å².